The summed E-state index contributed by atoms with van der Waals surface area (Å²) in [7, 11) is -2.21. The molecule has 0 saturated carbocycles. The molecule has 0 atom stereocenters. The molecule has 0 aliphatic heterocycles. The summed E-state index contributed by atoms with van der Waals surface area (Å²) in [6, 6.07) is 3.07. The van der Waals surface area contributed by atoms with Crippen LogP contribution >= 0.6 is 11.6 Å². The summed E-state index contributed by atoms with van der Waals surface area (Å²) < 4.78 is 40.8. The number of nitrogens with zero attached hydrogens (tertiary/aromatic N) is 2. The zero-order chi connectivity index (χ0) is 14.9. The second-order valence-corrected chi connectivity index (χ2v) is 6.22. The van der Waals surface area contributed by atoms with E-state index >= 15 is 0 Å². The van der Waals surface area contributed by atoms with Gasteiger partial charge in [-0.05, 0) is 18.2 Å². The normalized spacial score (nSPS) is 11.8. The van der Waals surface area contributed by atoms with E-state index in [1.165, 1.54) is 10.9 Å². The minimum Gasteiger partial charge on any atom is -0.384 e. The minimum absolute atomic E-state index is 0.0320. The third-order valence-corrected chi connectivity index (χ3v) is 4.58. The molecule has 0 fully saturated rings. The van der Waals surface area contributed by atoms with Gasteiger partial charge in [0, 0.05) is 19.2 Å². The standard InChI is InChI=1S/C11H12ClFN4O2S/c1-17-11(14)7(5-15-17)6-16-20(18,19)10-3-2-8(13)4-9(10)12/h2-5,16H,6,14H2,1H3. The van der Waals surface area contributed by atoms with Crippen molar-refractivity contribution in [3.63, 3.8) is 0 Å². The topological polar surface area (TPSA) is 90.0 Å². The Balaban J connectivity index is 2.21. The molecule has 0 saturated heterocycles. The Labute approximate surface area is 120 Å². The summed E-state index contributed by atoms with van der Waals surface area (Å²) in [6.45, 7) is -0.0320. The zero-order valence-corrected chi connectivity index (χ0v) is 12.0. The first-order valence-electron chi connectivity index (χ1n) is 5.52. The van der Waals surface area contributed by atoms with E-state index in [-0.39, 0.29) is 16.5 Å². The van der Waals surface area contributed by atoms with Gasteiger partial charge in [-0.2, -0.15) is 5.10 Å². The highest BCUT2D eigenvalue weighted by molar-refractivity contribution is 7.89. The van der Waals surface area contributed by atoms with Gasteiger partial charge in [-0.25, -0.2) is 17.5 Å². The number of nitrogen functional groups attached to an aromatic ring is 1. The van der Waals surface area contributed by atoms with Crippen LogP contribution in [0.2, 0.25) is 5.02 Å². The highest BCUT2D eigenvalue weighted by Crippen LogP contribution is 2.22. The van der Waals surface area contributed by atoms with E-state index < -0.39 is 15.8 Å². The largest absolute Gasteiger partial charge is 0.384 e. The number of hydrogen-bond acceptors (Lipinski definition) is 4. The molecule has 3 N–H and O–H groups in total. The lowest BCUT2D eigenvalue weighted by atomic mass is 10.3. The first kappa shape index (κ1) is 14.8. The number of aromatic nitrogens is 2. The summed E-state index contributed by atoms with van der Waals surface area (Å²) in [4.78, 5) is -0.192. The van der Waals surface area contributed by atoms with Crippen LogP contribution in [0.5, 0.6) is 0 Å². The Morgan fingerprint density at radius 2 is 2.20 bits per heavy atom. The maximum Gasteiger partial charge on any atom is 0.242 e. The number of hydrogen-bond donors (Lipinski definition) is 2. The van der Waals surface area contributed by atoms with Crippen LogP contribution in [0.1, 0.15) is 5.56 Å². The van der Waals surface area contributed by atoms with E-state index in [0.717, 1.165) is 18.2 Å². The van der Waals surface area contributed by atoms with E-state index in [0.29, 0.717) is 11.4 Å². The highest BCUT2D eigenvalue weighted by Gasteiger charge is 2.19. The van der Waals surface area contributed by atoms with Gasteiger partial charge in [0.2, 0.25) is 10.0 Å². The molecule has 2 rings (SSSR count). The summed E-state index contributed by atoms with van der Waals surface area (Å²) in [5.41, 5.74) is 6.25. The van der Waals surface area contributed by atoms with Crippen molar-refractivity contribution in [2.24, 2.45) is 7.05 Å². The average molecular weight is 319 g/mol. The highest BCUT2D eigenvalue weighted by atomic mass is 35.5. The predicted octanol–water partition coefficient (Wildman–Crippen LogP) is 1.27. The smallest absolute Gasteiger partial charge is 0.242 e. The first-order valence-corrected chi connectivity index (χ1v) is 7.38. The van der Waals surface area contributed by atoms with Crippen LogP contribution < -0.4 is 10.5 Å². The number of halogens is 2. The summed E-state index contributed by atoms with van der Waals surface area (Å²) in [5.74, 6) is -0.247. The fourth-order valence-electron chi connectivity index (χ4n) is 1.57. The van der Waals surface area contributed by atoms with E-state index in [2.05, 4.69) is 9.82 Å². The molecule has 0 amide bonds. The zero-order valence-electron chi connectivity index (χ0n) is 10.5. The van der Waals surface area contributed by atoms with E-state index in [1.54, 1.807) is 7.05 Å². The monoisotopic (exact) mass is 318 g/mol. The van der Waals surface area contributed by atoms with Gasteiger partial charge in [0.15, 0.2) is 0 Å². The molecule has 108 valence electrons. The number of nitrogens with one attached hydrogen (secondary N) is 1. The quantitative estimate of drug-likeness (QED) is 0.888. The van der Waals surface area contributed by atoms with Gasteiger partial charge in [0.25, 0.3) is 0 Å². The van der Waals surface area contributed by atoms with Crippen molar-refractivity contribution >= 4 is 27.4 Å². The SMILES string of the molecule is Cn1ncc(CNS(=O)(=O)c2ccc(F)cc2Cl)c1N. The number of sulfonamides is 1. The fourth-order valence-corrected chi connectivity index (χ4v) is 3.11. The molecule has 1 aromatic carbocycles. The molecule has 0 unspecified atom stereocenters. The lowest BCUT2D eigenvalue weighted by Crippen LogP contribution is -2.24. The molecule has 6 nitrogen and oxygen atoms in total. The molecule has 9 heteroatoms. The Bertz CT molecular complexity index is 745. The predicted molar refractivity (Wildman–Crippen MR) is 73.1 cm³/mol. The van der Waals surface area contributed by atoms with Crippen molar-refractivity contribution in [3.8, 4) is 0 Å². The van der Waals surface area contributed by atoms with Crippen molar-refractivity contribution in [2.75, 3.05) is 5.73 Å². The van der Waals surface area contributed by atoms with E-state index in [9.17, 15) is 12.8 Å². The van der Waals surface area contributed by atoms with E-state index in [1.807, 2.05) is 0 Å². The van der Waals surface area contributed by atoms with Crippen LogP contribution in [-0.2, 0) is 23.6 Å². The molecule has 0 aliphatic carbocycles. The Hall–Kier alpha value is -1.64. The lowest BCUT2D eigenvalue weighted by molar-refractivity contribution is 0.580. The molecule has 1 heterocycles. The first-order chi connectivity index (χ1) is 9.31. The minimum atomic E-state index is -3.85. The van der Waals surface area contributed by atoms with Gasteiger partial charge in [-0.1, -0.05) is 11.6 Å². The van der Waals surface area contributed by atoms with Gasteiger partial charge < -0.3 is 5.73 Å². The number of rotatable bonds is 4. The maximum atomic E-state index is 12.9. The van der Waals surface area contributed by atoms with Crippen LogP contribution in [-0.4, -0.2) is 18.2 Å². The molecular formula is C11H12ClFN4O2S. The van der Waals surface area contributed by atoms with Gasteiger partial charge in [0.05, 0.1) is 11.2 Å². The summed E-state index contributed by atoms with van der Waals surface area (Å²) >= 11 is 5.73. The van der Waals surface area contributed by atoms with Crippen LogP contribution in [0.4, 0.5) is 10.2 Å². The maximum absolute atomic E-state index is 12.9. The molecular weight excluding hydrogens is 307 g/mol. The second-order valence-electron chi connectivity index (χ2n) is 4.08. The summed E-state index contributed by atoms with van der Waals surface area (Å²) in [6.07, 6.45) is 1.46. The van der Waals surface area contributed by atoms with Crippen molar-refractivity contribution in [1.29, 1.82) is 0 Å². The number of anilines is 1. The van der Waals surface area contributed by atoms with Gasteiger partial charge in [-0.3, -0.25) is 4.68 Å². The molecule has 2 aromatic rings. The third-order valence-electron chi connectivity index (χ3n) is 2.70. The van der Waals surface area contributed by atoms with Crippen LogP contribution in [0, 0.1) is 5.82 Å². The second kappa shape index (κ2) is 5.39. The third kappa shape index (κ3) is 2.92. The van der Waals surface area contributed by atoms with Crippen LogP contribution in [0.25, 0.3) is 0 Å². The number of nitrogens with two attached hydrogens (primary N) is 1. The molecule has 0 aliphatic rings. The molecule has 0 spiro atoms. The lowest BCUT2D eigenvalue weighted by Gasteiger charge is -2.08. The van der Waals surface area contributed by atoms with Crippen molar-refractivity contribution in [2.45, 2.75) is 11.4 Å². The number of benzene rings is 1. The van der Waals surface area contributed by atoms with E-state index in [4.69, 9.17) is 17.3 Å². The van der Waals surface area contributed by atoms with Gasteiger partial charge >= 0.3 is 0 Å². The Kier molecular flexibility index (Phi) is 3.98. The fraction of sp³-hybridized carbons (Fsp3) is 0.182. The Morgan fingerprint density at radius 1 is 1.50 bits per heavy atom. The molecule has 20 heavy (non-hydrogen) atoms. The molecule has 0 radical (unpaired) electrons. The molecule has 0 bridgehead atoms. The van der Waals surface area contributed by atoms with Gasteiger partial charge in [0.1, 0.15) is 16.5 Å². The summed E-state index contributed by atoms with van der Waals surface area (Å²) in [5, 5.41) is 3.72. The van der Waals surface area contributed by atoms with Crippen LogP contribution in [0.3, 0.4) is 0 Å². The average Bonchev–Trinajstić information content (AvgIpc) is 2.67. The van der Waals surface area contributed by atoms with Gasteiger partial charge in [-0.15, -0.1) is 0 Å². The number of aryl methyl sites for hydroxylation is 1. The van der Waals surface area contributed by atoms with Crippen molar-refractivity contribution < 1.29 is 12.8 Å². The van der Waals surface area contributed by atoms with Crippen LogP contribution in [0.15, 0.2) is 29.3 Å². The van der Waals surface area contributed by atoms with Crippen molar-refractivity contribution in [3.05, 3.63) is 40.8 Å². The molecule has 1 aromatic heterocycles. The van der Waals surface area contributed by atoms with Crippen molar-refractivity contribution in [1.82, 2.24) is 14.5 Å². The Morgan fingerprint density at radius 3 is 2.75 bits per heavy atom.